The molecule has 14 heteroatoms. The number of halogens is 2. The number of fused-ring (bicyclic) bond motifs is 1. The maximum atomic E-state index is 13.9. The summed E-state index contributed by atoms with van der Waals surface area (Å²) < 4.78 is 59.1. The first-order chi connectivity index (χ1) is 16.1. The third-order valence-corrected chi connectivity index (χ3v) is 5.85. The van der Waals surface area contributed by atoms with Gasteiger partial charge in [0.15, 0.2) is 6.23 Å². The van der Waals surface area contributed by atoms with Crippen LogP contribution in [0.4, 0.5) is 14.6 Å². The molecule has 4 rings (SSSR count). The van der Waals surface area contributed by atoms with Crippen molar-refractivity contribution in [2.24, 2.45) is 5.14 Å². The van der Waals surface area contributed by atoms with Crippen molar-refractivity contribution in [3.63, 3.8) is 0 Å². The van der Waals surface area contributed by atoms with Crippen LogP contribution in [0, 0.1) is 23.5 Å². The summed E-state index contributed by atoms with van der Waals surface area (Å²) in [4.78, 5) is 8.08. The van der Waals surface area contributed by atoms with Gasteiger partial charge in [-0.15, -0.1) is 0 Å². The molecule has 0 spiro atoms. The van der Waals surface area contributed by atoms with Gasteiger partial charge in [-0.25, -0.2) is 23.9 Å². The summed E-state index contributed by atoms with van der Waals surface area (Å²) in [5.74, 6) is 4.08. The van der Waals surface area contributed by atoms with Gasteiger partial charge in [-0.05, 0) is 12.1 Å². The number of anilines is 1. The van der Waals surface area contributed by atoms with E-state index in [9.17, 15) is 27.4 Å². The van der Waals surface area contributed by atoms with Crippen LogP contribution in [0.2, 0.25) is 0 Å². The van der Waals surface area contributed by atoms with Crippen molar-refractivity contribution in [1.82, 2.24) is 19.3 Å². The van der Waals surface area contributed by atoms with Crippen LogP contribution in [0.3, 0.4) is 0 Å². The van der Waals surface area contributed by atoms with Crippen LogP contribution < -0.4 is 15.6 Å². The highest BCUT2D eigenvalue weighted by Crippen LogP contribution is 2.34. The Balaban J connectivity index is 1.68. The first-order valence-electron chi connectivity index (χ1n) is 9.88. The number of nitrogens with one attached hydrogen (secondary N) is 1. The third kappa shape index (κ3) is 4.71. The van der Waals surface area contributed by atoms with Crippen LogP contribution >= 0.6 is 0 Å². The van der Waals surface area contributed by atoms with Gasteiger partial charge in [0.05, 0.1) is 10.9 Å². The minimum atomic E-state index is -4.05. The van der Waals surface area contributed by atoms with Crippen LogP contribution in [-0.2, 0) is 21.4 Å². The molecule has 1 aliphatic rings. The van der Waals surface area contributed by atoms with Gasteiger partial charge >= 0.3 is 0 Å². The second-order valence-corrected chi connectivity index (χ2v) is 8.90. The molecule has 3 aromatic rings. The quantitative estimate of drug-likeness (QED) is 0.289. The van der Waals surface area contributed by atoms with Crippen molar-refractivity contribution >= 4 is 27.1 Å². The molecule has 1 fully saturated rings. The molecule has 7 N–H and O–H groups in total. The van der Waals surface area contributed by atoms with E-state index in [4.69, 9.17) is 15.6 Å². The molecule has 0 radical (unpaired) electrons. The fourth-order valence-electron chi connectivity index (χ4n) is 3.65. The number of benzene rings is 1. The van der Waals surface area contributed by atoms with E-state index < -0.39 is 46.4 Å². The summed E-state index contributed by atoms with van der Waals surface area (Å²) in [6.45, 7) is -0.384. The van der Waals surface area contributed by atoms with Crippen LogP contribution in [0.15, 0.2) is 30.7 Å². The molecule has 0 amide bonds. The summed E-state index contributed by atoms with van der Waals surface area (Å²) in [5, 5.41) is 26.1. The second kappa shape index (κ2) is 9.22. The van der Waals surface area contributed by atoms with E-state index in [1.54, 1.807) is 0 Å². The van der Waals surface area contributed by atoms with E-state index in [2.05, 4.69) is 21.8 Å². The molecule has 0 saturated carbocycles. The minimum Gasteiger partial charge on any atom is -0.387 e. The lowest BCUT2D eigenvalue weighted by molar-refractivity contribution is -0.0327. The van der Waals surface area contributed by atoms with Gasteiger partial charge in [-0.1, -0.05) is 17.9 Å². The molecule has 1 aliphatic heterocycles. The number of nitrogens with two attached hydrogens (primary N) is 2. The van der Waals surface area contributed by atoms with E-state index in [-0.39, 0.29) is 30.0 Å². The van der Waals surface area contributed by atoms with Gasteiger partial charge < -0.3 is 25.3 Å². The fraction of sp³-hybridized carbons (Fsp3) is 0.300. The number of rotatable bonds is 5. The highest BCUT2D eigenvalue weighted by atomic mass is 32.2. The average molecular weight is 494 g/mol. The molecule has 11 nitrogen and oxygen atoms in total. The molecule has 34 heavy (non-hydrogen) atoms. The Morgan fingerprint density at radius 1 is 1.21 bits per heavy atom. The van der Waals surface area contributed by atoms with E-state index in [1.165, 1.54) is 23.2 Å². The fourth-order valence-corrected chi connectivity index (χ4v) is 4.05. The van der Waals surface area contributed by atoms with E-state index in [0.29, 0.717) is 10.9 Å². The summed E-state index contributed by atoms with van der Waals surface area (Å²) in [6.07, 6.45) is -2.82. The topological polar surface area (TPSA) is 179 Å². The number of aliphatic hydroxyl groups is 2. The van der Waals surface area contributed by atoms with Gasteiger partial charge in [0.25, 0.3) is 10.2 Å². The molecule has 0 unspecified atom stereocenters. The van der Waals surface area contributed by atoms with Gasteiger partial charge in [0.1, 0.15) is 47.7 Å². The largest absolute Gasteiger partial charge is 0.387 e. The smallest absolute Gasteiger partial charge is 0.274 e. The van der Waals surface area contributed by atoms with Crippen LogP contribution in [0.25, 0.3) is 11.0 Å². The predicted octanol–water partition coefficient (Wildman–Crippen LogP) is -0.702. The highest BCUT2D eigenvalue weighted by Gasteiger charge is 2.44. The van der Waals surface area contributed by atoms with Crippen molar-refractivity contribution in [2.75, 3.05) is 12.3 Å². The Labute approximate surface area is 192 Å². The Hall–Kier alpha value is -3.19. The van der Waals surface area contributed by atoms with Crippen LogP contribution in [-0.4, -0.2) is 58.0 Å². The van der Waals surface area contributed by atoms with Crippen molar-refractivity contribution in [2.45, 2.75) is 31.0 Å². The zero-order chi connectivity index (χ0) is 24.6. The van der Waals surface area contributed by atoms with Gasteiger partial charge in [0.2, 0.25) is 0 Å². The van der Waals surface area contributed by atoms with Gasteiger partial charge in [-0.2, -0.15) is 13.1 Å². The Morgan fingerprint density at radius 2 is 1.91 bits per heavy atom. The number of aliphatic hydroxyl groups excluding tert-OH is 2. The summed E-state index contributed by atoms with van der Waals surface area (Å²) in [7, 11) is -4.05. The van der Waals surface area contributed by atoms with Crippen LogP contribution in [0.1, 0.15) is 17.4 Å². The number of hydrogen-bond donors (Lipinski definition) is 5. The third-order valence-electron chi connectivity index (χ3n) is 5.29. The summed E-state index contributed by atoms with van der Waals surface area (Å²) in [6, 6.07) is 3.51. The van der Waals surface area contributed by atoms with E-state index in [0.717, 1.165) is 12.1 Å². The monoisotopic (exact) mass is 494 g/mol. The van der Waals surface area contributed by atoms with Crippen molar-refractivity contribution in [3.05, 3.63) is 53.5 Å². The standard InChI is InChI=1S/C20H20F2N6O5S/c21-12-5-2-6-13(22)11(12)4-1-3-10-8-28(19-15(10)18(23)25-9-26-19)20-17(30)16(29)14(33-20)7-27-34(24,31)32/h2,5-6,8-9,14,16-17,20,27,29-30H,4,7H2,(H2,23,25,26)(H2,24,31,32)/t14-,16-,17-,20-/m1/s1. The van der Waals surface area contributed by atoms with Crippen molar-refractivity contribution in [3.8, 4) is 11.8 Å². The lowest BCUT2D eigenvalue weighted by Crippen LogP contribution is -2.42. The predicted molar refractivity (Wildman–Crippen MR) is 116 cm³/mol. The van der Waals surface area contributed by atoms with Crippen molar-refractivity contribution in [1.29, 1.82) is 0 Å². The molecular weight excluding hydrogens is 474 g/mol. The first kappa shape index (κ1) is 24.0. The normalized spacial score (nSPS) is 22.6. The molecule has 0 aliphatic carbocycles. The maximum absolute atomic E-state index is 13.9. The molecule has 1 saturated heterocycles. The molecular formula is C20H20F2N6O5S. The molecule has 0 bridgehead atoms. The zero-order valence-electron chi connectivity index (χ0n) is 17.4. The lowest BCUT2D eigenvalue weighted by atomic mass is 10.1. The molecule has 180 valence electrons. The Morgan fingerprint density at radius 3 is 2.59 bits per heavy atom. The van der Waals surface area contributed by atoms with Crippen molar-refractivity contribution < 1.29 is 32.1 Å². The molecule has 3 heterocycles. The first-order valence-corrected chi connectivity index (χ1v) is 11.4. The number of nitrogens with zero attached hydrogens (tertiary/aromatic N) is 3. The summed E-state index contributed by atoms with van der Waals surface area (Å²) >= 11 is 0. The second-order valence-electron chi connectivity index (χ2n) is 7.53. The number of aromatic nitrogens is 3. The Bertz CT molecular complexity index is 1380. The van der Waals surface area contributed by atoms with Gasteiger partial charge in [-0.3, -0.25) is 0 Å². The number of hydrogen-bond acceptors (Lipinski definition) is 8. The molecule has 4 atom stereocenters. The molecule has 2 aromatic heterocycles. The summed E-state index contributed by atoms with van der Waals surface area (Å²) in [5.41, 5.74) is 6.31. The maximum Gasteiger partial charge on any atom is 0.274 e. The number of nitrogen functional groups attached to an aromatic ring is 1. The highest BCUT2D eigenvalue weighted by molar-refractivity contribution is 7.87. The molecule has 1 aromatic carbocycles. The lowest BCUT2D eigenvalue weighted by Gasteiger charge is -2.17. The van der Waals surface area contributed by atoms with E-state index >= 15 is 0 Å². The average Bonchev–Trinajstić information content (AvgIpc) is 3.27. The number of ether oxygens (including phenoxy) is 1. The van der Waals surface area contributed by atoms with E-state index in [1.807, 2.05) is 4.72 Å². The Kier molecular flexibility index (Phi) is 6.49. The van der Waals surface area contributed by atoms with Gasteiger partial charge in [0, 0.05) is 24.7 Å². The zero-order valence-corrected chi connectivity index (χ0v) is 18.2. The van der Waals surface area contributed by atoms with Crippen LogP contribution in [0.5, 0.6) is 0 Å². The minimum absolute atomic E-state index is 0.0607. The SMILES string of the molecule is Nc1ncnc2c1c(C#CCc1c(F)cccc1F)cn2[C@@H]1O[C@H](CNS(N)(=O)=O)[C@@H](O)[C@H]1O.